The summed E-state index contributed by atoms with van der Waals surface area (Å²) in [7, 11) is 0. The van der Waals surface area contributed by atoms with Crippen molar-refractivity contribution in [2.75, 3.05) is 0 Å². The van der Waals surface area contributed by atoms with E-state index in [0.717, 1.165) is 61.6 Å². The van der Waals surface area contributed by atoms with E-state index in [1.54, 1.807) is 0 Å². The topological polar surface area (TPSA) is 43.1 Å². The molecule has 0 aliphatic heterocycles. The first-order chi connectivity index (χ1) is 22.3. The monoisotopic (exact) mass is 574 g/mol. The minimum atomic E-state index is 0.709. The largest absolute Gasteiger partial charge is 0.292 e. The third kappa shape index (κ3) is 4.27. The highest BCUT2D eigenvalue weighted by molar-refractivity contribution is 6.14. The van der Waals surface area contributed by atoms with Gasteiger partial charge in [-0.15, -0.1) is 0 Å². The Hall–Kier alpha value is -6.13. The number of hydrogen-bond donors (Lipinski definition) is 0. The van der Waals surface area contributed by atoms with Crippen LogP contribution in [0.1, 0.15) is 0 Å². The summed E-state index contributed by atoms with van der Waals surface area (Å²) in [5, 5.41) is 2.44. The third-order valence-corrected chi connectivity index (χ3v) is 8.58. The molecule has 0 saturated carbocycles. The van der Waals surface area contributed by atoms with E-state index in [2.05, 4.69) is 120 Å². The second-order valence-corrected chi connectivity index (χ2v) is 11.3. The standard InChI is InChI=1S/C41H26N4/c1-4-11-28(12-5-1)35-26-36(29-13-6-2-7-14-29)43-41(42-35)31-21-19-27(20-22-31)32-23-24-33-34(25-32)40-39(30-15-8-3-9-16-30)44-38-18-10-17-37(33)45(38)40/h1-26H. The molecule has 0 aliphatic rings. The smallest absolute Gasteiger partial charge is 0.160 e. The molecule has 5 aromatic carbocycles. The third-order valence-electron chi connectivity index (χ3n) is 8.58. The Kier molecular flexibility index (Phi) is 5.78. The van der Waals surface area contributed by atoms with Gasteiger partial charge >= 0.3 is 0 Å². The molecule has 4 nitrogen and oxygen atoms in total. The van der Waals surface area contributed by atoms with E-state index >= 15 is 0 Å². The van der Waals surface area contributed by atoms with Crippen molar-refractivity contribution < 1.29 is 0 Å². The Bertz CT molecular complexity index is 2390. The first-order valence-corrected chi connectivity index (χ1v) is 15.1. The highest BCUT2D eigenvalue weighted by atomic mass is 15.0. The van der Waals surface area contributed by atoms with Crippen molar-refractivity contribution in [3.63, 3.8) is 0 Å². The maximum Gasteiger partial charge on any atom is 0.160 e. The molecule has 0 spiro atoms. The van der Waals surface area contributed by atoms with Crippen LogP contribution in [0, 0.1) is 0 Å². The Morgan fingerprint density at radius 2 is 0.956 bits per heavy atom. The molecule has 9 aromatic rings. The van der Waals surface area contributed by atoms with E-state index in [1.807, 2.05) is 42.5 Å². The van der Waals surface area contributed by atoms with E-state index < -0.39 is 0 Å². The van der Waals surface area contributed by atoms with E-state index in [0.29, 0.717) is 5.82 Å². The van der Waals surface area contributed by atoms with E-state index in [1.165, 1.54) is 16.3 Å². The van der Waals surface area contributed by atoms with E-state index in [-0.39, 0.29) is 0 Å². The predicted molar refractivity (Wildman–Crippen MR) is 184 cm³/mol. The fourth-order valence-electron chi connectivity index (χ4n) is 6.39. The van der Waals surface area contributed by atoms with E-state index in [9.17, 15) is 0 Å². The molecule has 0 fully saturated rings. The Balaban J connectivity index is 1.15. The van der Waals surface area contributed by atoms with Crippen LogP contribution < -0.4 is 0 Å². The van der Waals surface area contributed by atoms with Gasteiger partial charge in [-0.25, -0.2) is 15.0 Å². The molecule has 4 aromatic heterocycles. The quantitative estimate of drug-likeness (QED) is 0.205. The number of pyridine rings is 1. The Labute approximate surface area is 260 Å². The van der Waals surface area contributed by atoms with Gasteiger partial charge in [0.1, 0.15) is 5.65 Å². The van der Waals surface area contributed by atoms with Crippen molar-refractivity contribution in [2.45, 2.75) is 0 Å². The molecular weight excluding hydrogens is 548 g/mol. The summed E-state index contributed by atoms with van der Waals surface area (Å²) in [6, 6.07) is 54.8. The lowest BCUT2D eigenvalue weighted by Crippen LogP contribution is -1.95. The van der Waals surface area contributed by atoms with Gasteiger partial charge in [0, 0.05) is 33.0 Å². The number of aromatic nitrogens is 4. The molecule has 0 N–H and O–H groups in total. The van der Waals surface area contributed by atoms with Crippen LogP contribution in [0.3, 0.4) is 0 Å². The summed E-state index contributed by atoms with van der Waals surface area (Å²) in [5.74, 6) is 0.709. The van der Waals surface area contributed by atoms with Gasteiger partial charge in [0.2, 0.25) is 0 Å². The van der Waals surface area contributed by atoms with Gasteiger partial charge in [-0.1, -0.05) is 133 Å². The van der Waals surface area contributed by atoms with Gasteiger partial charge in [-0.05, 0) is 35.4 Å². The maximum absolute atomic E-state index is 5.05. The minimum absolute atomic E-state index is 0.709. The molecule has 4 heterocycles. The molecular formula is C41H26N4. The maximum atomic E-state index is 5.05. The number of fused-ring (bicyclic) bond motifs is 3. The van der Waals surface area contributed by atoms with Gasteiger partial charge in [0.15, 0.2) is 5.82 Å². The second-order valence-electron chi connectivity index (χ2n) is 11.3. The first kappa shape index (κ1) is 25.4. The van der Waals surface area contributed by atoms with Gasteiger partial charge in [0.05, 0.1) is 28.1 Å². The van der Waals surface area contributed by atoms with Crippen LogP contribution in [0.4, 0.5) is 0 Å². The number of hydrogen-bond acceptors (Lipinski definition) is 3. The molecule has 0 saturated heterocycles. The van der Waals surface area contributed by atoms with Gasteiger partial charge in [-0.2, -0.15) is 0 Å². The highest BCUT2D eigenvalue weighted by Crippen LogP contribution is 2.39. The summed E-state index contributed by atoms with van der Waals surface area (Å²) >= 11 is 0. The Morgan fingerprint density at radius 3 is 1.60 bits per heavy atom. The molecule has 0 atom stereocenters. The van der Waals surface area contributed by atoms with Crippen LogP contribution in [-0.4, -0.2) is 19.4 Å². The summed E-state index contributed by atoms with van der Waals surface area (Å²) in [5.41, 5.74) is 12.7. The normalized spacial score (nSPS) is 11.6. The summed E-state index contributed by atoms with van der Waals surface area (Å²) in [6.45, 7) is 0. The van der Waals surface area contributed by atoms with Crippen LogP contribution in [0.2, 0.25) is 0 Å². The van der Waals surface area contributed by atoms with Gasteiger partial charge in [-0.3, -0.25) is 4.40 Å². The zero-order chi connectivity index (χ0) is 29.7. The molecule has 0 aliphatic carbocycles. The fraction of sp³-hybridized carbons (Fsp3) is 0. The molecule has 0 radical (unpaired) electrons. The van der Waals surface area contributed by atoms with Gasteiger partial charge in [0.25, 0.3) is 0 Å². The van der Waals surface area contributed by atoms with Crippen LogP contribution >= 0.6 is 0 Å². The SMILES string of the molecule is c1ccc(-c2cc(-c3ccccc3)nc(-c3ccc(-c4ccc5c(c4)c4c(-c6ccccc6)nc6cccc5n64)cc3)n2)cc1. The van der Waals surface area contributed by atoms with Crippen molar-refractivity contribution in [2.24, 2.45) is 0 Å². The number of benzene rings is 5. The molecule has 9 rings (SSSR count). The summed E-state index contributed by atoms with van der Waals surface area (Å²) in [4.78, 5) is 15.1. The number of rotatable bonds is 5. The van der Waals surface area contributed by atoms with Crippen LogP contribution in [0.5, 0.6) is 0 Å². The average molecular weight is 575 g/mol. The lowest BCUT2D eigenvalue weighted by atomic mass is 10.00. The zero-order valence-electron chi connectivity index (χ0n) is 24.3. The molecule has 4 heteroatoms. The Morgan fingerprint density at radius 1 is 0.378 bits per heavy atom. The first-order valence-electron chi connectivity index (χ1n) is 15.1. The second kappa shape index (κ2) is 10.2. The van der Waals surface area contributed by atoms with Crippen LogP contribution in [-0.2, 0) is 0 Å². The average Bonchev–Trinajstić information content (AvgIpc) is 3.68. The van der Waals surface area contributed by atoms with Crippen molar-refractivity contribution in [3.8, 4) is 56.3 Å². The zero-order valence-corrected chi connectivity index (χ0v) is 24.3. The predicted octanol–water partition coefficient (Wildman–Crippen LogP) is 10.2. The summed E-state index contributed by atoms with van der Waals surface area (Å²) in [6.07, 6.45) is 0. The minimum Gasteiger partial charge on any atom is -0.292 e. The molecule has 0 unspecified atom stereocenters. The lowest BCUT2D eigenvalue weighted by molar-refractivity contribution is 1.18. The highest BCUT2D eigenvalue weighted by Gasteiger charge is 2.19. The lowest BCUT2D eigenvalue weighted by Gasteiger charge is -2.10. The fourth-order valence-corrected chi connectivity index (χ4v) is 6.39. The van der Waals surface area contributed by atoms with Crippen molar-refractivity contribution >= 4 is 27.5 Å². The molecule has 0 amide bonds. The van der Waals surface area contributed by atoms with Crippen molar-refractivity contribution in [3.05, 3.63) is 158 Å². The van der Waals surface area contributed by atoms with Crippen LogP contribution in [0.15, 0.2) is 158 Å². The van der Waals surface area contributed by atoms with Crippen LogP contribution in [0.25, 0.3) is 83.7 Å². The van der Waals surface area contributed by atoms with Gasteiger partial charge < -0.3 is 0 Å². The number of imidazole rings is 1. The molecule has 210 valence electrons. The van der Waals surface area contributed by atoms with Crippen molar-refractivity contribution in [1.82, 2.24) is 19.4 Å². The van der Waals surface area contributed by atoms with Crippen molar-refractivity contribution in [1.29, 1.82) is 0 Å². The van der Waals surface area contributed by atoms with E-state index in [4.69, 9.17) is 15.0 Å². The number of nitrogens with zero attached hydrogens (tertiary/aromatic N) is 4. The summed E-state index contributed by atoms with van der Waals surface area (Å²) < 4.78 is 2.29. The molecule has 0 bridgehead atoms. The molecule has 45 heavy (non-hydrogen) atoms.